The number of halogens is 1. The summed E-state index contributed by atoms with van der Waals surface area (Å²) in [7, 11) is 0. The molecule has 1 amide bonds. The van der Waals surface area contributed by atoms with Crippen molar-refractivity contribution in [1.82, 2.24) is 5.32 Å². The number of ether oxygens (including phenoxy) is 2. The Kier molecular flexibility index (Phi) is 9.44. The van der Waals surface area contributed by atoms with Crippen LogP contribution in [0.15, 0.2) is 18.2 Å². The Hall–Kier alpha value is -1.42. The van der Waals surface area contributed by atoms with Gasteiger partial charge in [-0.25, -0.2) is 0 Å². The monoisotopic (exact) mass is 397 g/mol. The first-order valence-electron chi connectivity index (χ1n) is 9.96. The second-order valence-electron chi connectivity index (χ2n) is 8.14. The van der Waals surface area contributed by atoms with E-state index in [9.17, 15) is 4.79 Å². The highest BCUT2D eigenvalue weighted by molar-refractivity contribution is 6.27. The molecule has 0 saturated carbocycles. The molecule has 0 unspecified atom stereocenters. The SMILES string of the molecule is CCC(C)(C)Oc1ccc(CCCCNC(=O)CCl)c(OC(C)(C)CC)c1. The van der Waals surface area contributed by atoms with Crippen LogP contribution in [0.2, 0.25) is 0 Å². The van der Waals surface area contributed by atoms with E-state index in [-0.39, 0.29) is 23.0 Å². The molecular weight excluding hydrogens is 362 g/mol. The number of aryl methyl sites for hydroxylation is 1. The molecule has 0 saturated heterocycles. The molecule has 0 aliphatic heterocycles. The highest BCUT2D eigenvalue weighted by Crippen LogP contribution is 2.32. The Morgan fingerprint density at radius 2 is 1.67 bits per heavy atom. The fourth-order valence-electron chi connectivity index (χ4n) is 2.38. The van der Waals surface area contributed by atoms with E-state index in [1.807, 2.05) is 12.1 Å². The number of benzene rings is 1. The van der Waals surface area contributed by atoms with Crippen LogP contribution in [0.3, 0.4) is 0 Å². The number of carbonyl (C=O) groups is 1. The summed E-state index contributed by atoms with van der Waals surface area (Å²) in [5.41, 5.74) is 0.726. The van der Waals surface area contributed by atoms with Crippen molar-refractivity contribution in [3.8, 4) is 11.5 Å². The van der Waals surface area contributed by atoms with Gasteiger partial charge in [-0.15, -0.1) is 11.6 Å². The fraction of sp³-hybridized carbons (Fsp3) is 0.682. The third-order valence-corrected chi connectivity index (χ3v) is 5.08. The van der Waals surface area contributed by atoms with Crippen molar-refractivity contribution < 1.29 is 14.3 Å². The second-order valence-corrected chi connectivity index (χ2v) is 8.41. The van der Waals surface area contributed by atoms with Crippen LogP contribution in [-0.2, 0) is 11.2 Å². The molecule has 4 nitrogen and oxygen atoms in total. The molecule has 0 aliphatic carbocycles. The van der Waals surface area contributed by atoms with Gasteiger partial charge in [0.2, 0.25) is 5.91 Å². The molecule has 0 aromatic heterocycles. The predicted molar refractivity (Wildman–Crippen MR) is 113 cm³/mol. The third-order valence-electron chi connectivity index (χ3n) is 4.84. The first kappa shape index (κ1) is 23.6. The molecule has 0 atom stereocenters. The van der Waals surface area contributed by atoms with Gasteiger partial charge in [0.05, 0.1) is 0 Å². The normalized spacial score (nSPS) is 12.0. The van der Waals surface area contributed by atoms with Crippen LogP contribution in [0.1, 0.15) is 72.8 Å². The maximum atomic E-state index is 11.2. The molecule has 1 N–H and O–H groups in total. The average Bonchev–Trinajstić information content (AvgIpc) is 2.62. The number of nitrogens with one attached hydrogen (secondary N) is 1. The molecule has 0 heterocycles. The lowest BCUT2D eigenvalue weighted by Crippen LogP contribution is -2.28. The largest absolute Gasteiger partial charge is 0.488 e. The molecule has 1 rings (SSSR count). The Morgan fingerprint density at radius 1 is 1.04 bits per heavy atom. The van der Waals surface area contributed by atoms with E-state index in [1.165, 1.54) is 5.56 Å². The standard InChI is InChI=1S/C22H36ClNO3/c1-7-21(3,4)26-18-13-12-17(11-9-10-14-24-20(25)16-23)19(15-18)27-22(5,6)8-2/h12-13,15H,7-11,14,16H2,1-6H3,(H,24,25). The summed E-state index contributed by atoms with van der Waals surface area (Å²) >= 11 is 5.49. The Labute approximate surface area is 170 Å². The summed E-state index contributed by atoms with van der Waals surface area (Å²) in [5, 5.41) is 2.80. The predicted octanol–water partition coefficient (Wildman–Crippen LogP) is 5.50. The van der Waals surface area contributed by atoms with Crippen LogP contribution in [0, 0.1) is 0 Å². The maximum absolute atomic E-state index is 11.2. The lowest BCUT2D eigenvalue weighted by Gasteiger charge is -2.29. The van der Waals surface area contributed by atoms with Gasteiger partial charge >= 0.3 is 0 Å². The molecule has 0 bridgehead atoms. The van der Waals surface area contributed by atoms with Crippen LogP contribution in [0.5, 0.6) is 11.5 Å². The summed E-state index contributed by atoms with van der Waals surface area (Å²) in [4.78, 5) is 11.2. The molecule has 0 spiro atoms. The zero-order chi connectivity index (χ0) is 20.5. The van der Waals surface area contributed by atoms with E-state index >= 15 is 0 Å². The highest BCUT2D eigenvalue weighted by atomic mass is 35.5. The lowest BCUT2D eigenvalue weighted by molar-refractivity contribution is -0.118. The molecule has 27 heavy (non-hydrogen) atoms. The van der Waals surface area contributed by atoms with E-state index in [1.54, 1.807) is 0 Å². The molecule has 0 fully saturated rings. The van der Waals surface area contributed by atoms with E-state index in [0.717, 1.165) is 43.6 Å². The minimum Gasteiger partial charge on any atom is -0.488 e. The minimum atomic E-state index is -0.234. The van der Waals surface area contributed by atoms with Gasteiger partial charge in [-0.2, -0.15) is 0 Å². The van der Waals surface area contributed by atoms with Crippen molar-refractivity contribution in [3.63, 3.8) is 0 Å². The van der Waals surface area contributed by atoms with E-state index in [0.29, 0.717) is 6.54 Å². The summed E-state index contributed by atoms with van der Waals surface area (Å²) in [6.07, 6.45) is 4.61. The number of amides is 1. The fourth-order valence-corrected chi connectivity index (χ4v) is 2.47. The number of hydrogen-bond donors (Lipinski definition) is 1. The Bertz CT molecular complexity index is 599. The van der Waals surface area contributed by atoms with Gasteiger partial charge in [-0.1, -0.05) is 19.9 Å². The van der Waals surface area contributed by atoms with Gasteiger partial charge < -0.3 is 14.8 Å². The molecule has 5 heteroatoms. The Balaban J connectivity index is 2.83. The van der Waals surface area contributed by atoms with Crippen LogP contribution < -0.4 is 14.8 Å². The number of alkyl halides is 1. The smallest absolute Gasteiger partial charge is 0.234 e. The number of carbonyl (C=O) groups excluding carboxylic acids is 1. The minimum absolute atomic E-state index is 0.0136. The zero-order valence-corrected chi connectivity index (χ0v) is 18.5. The van der Waals surface area contributed by atoms with Crippen molar-refractivity contribution in [2.45, 2.75) is 84.8 Å². The summed E-state index contributed by atoms with van der Waals surface area (Å²) in [6.45, 7) is 13.3. The van der Waals surface area contributed by atoms with Gasteiger partial charge in [0, 0.05) is 12.6 Å². The molecule has 154 valence electrons. The van der Waals surface area contributed by atoms with E-state index in [2.05, 4.69) is 52.9 Å². The highest BCUT2D eigenvalue weighted by Gasteiger charge is 2.21. The summed E-state index contributed by atoms with van der Waals surface area (Å²) in [6, 6.07) is 6.13. The summed E-state index contributed by atoms with van der Waals surface area (Å²) < 4.78 is 12.5. The van der Waals surface area contributed by atoms with Crippen LogP contribution in [-0.4, -0.2) is 29.5 Å². The average molecular weight is 398 g/mol. The molecule has 1 aromatic carbocycles. The zero-order valence-electron chi connectivity index (χ0n) is 17.8. The van der Waals surface area contributed by atoms with E-state index in [4.69, 9.17) is 21.1 Å². The van der Waals surface area contributed by atoms with Crippen molar-refractivity contribution in [2.24, 2.45) is 0 Å². The summed E-state index contributed by atoms with van der Waals surface area (Å²) in [5.74, 6) is 1.61. The van der Waals surface area contributed by atoms with Crippen LogP contribution in [0.4, 0.5) is 0 Å². The Morgan fingerprint density at radius 3 is 2.26 bits per heavy atom. The first-order chi connectivity index (χ1) is 12.6. The first-order valence-corrected chi connectivity index (χ1v) is 10.5. The maximum Gasteiger partial charge on any atom is 0.234 e. The lowest BCUT2D eigenvalue weighted by atomic mass is 10.0. The second kappa shape index (κ2) is 10.8. The van der Waals surface area contributed by atoms with Crippen LogP contribution in [0.25, 0.3) is 0 Å². The molecular formula is C22H36ClNO3. The van der Waals surface area contributed by atoms with E-state index < -0.39 is 0 Å². The van der Waals surface area contributed by atoms with Gasteiger partial charge in [0.1, 0.15) is 28.6 Å². The number of hydrogen-bond acceptors (Lipinski definition) is 3. The van der Waals surface area contributed by atoms with Gasteiger partial charge in [0.15, 0.2) is 0 Å². The number of unbranched alkanes of at least 4 members (excludes halogenated alkanes) is 1. The van der Waals surface area contributed by atoms with Gasteiger partial charge in [0.25, 0.3) is 0 Å². The van der Waals surface area contributed by atoms with Crippen molar-refractivity contribution in [2.75, 3.05) is 12.4 Å². The van der Waals surface area contributed by atoms with Crippen molar-refractivity contribution >= 4 is 17.5 Å². The number of rotatable bonds is 12. The third kappa shape index (κ3) is 8.87. The topological polar surface area (TPSA) is 47.6 Å². The molecule has 1 aromatic rings. The van der Waals surface area contributed by atoms with Crippen LogP contribution >= 0.6 is 11.6 Å². The molecule has 0 radical (unpaired) electrons. The quantitative estimate of drug-likeness (QED) is 0.374. The van der Waals surface area contributed by atoms with Gasteiger partial charge in [-0.3, -0.25) is 4.79 Å². The van der Waals surface area contributed by atoms with Crippen molar-refractivity contribution in [1.29, 1.82) is 0 Å². The molecule has 0 aliphatic rings. The van der Waals surface area contributed by atoms with Crippen molar-refractivity contribution in [3.05, 3.63) is 23.8 Å². The van der Waals surface area contributed by atoms with Gasteiger partial charge in [-0.05, 0) is 71.4 Å².